The molecule has 0 saturated carbocycles. The standard InChI is InChI=1S/C15H12ClF6N3O/c1-7-11(16)12(15(20,21)22)24-25(7)8(2)13(26)23-10-6-4-3-5-9(10)14(17,18)19/h3-6,8H,1-2H3,(H,23,26). The van der Waals surface area contributed by atoms with E-state index in [0.29, 0.717) is 0 Å². The van der Waals surface area contributed by atoms with Gasteiger partial charge in [0.25, 0.3) is 0 Å². The minimum absolute atomic E-state index is 0.134. The Hall–Kier alpha value is -2.23. The summed E-state index contributed by atoms with van der Waals surface area (Å²) in [5.74, 6) is -0.974. The number of halogens is 7. The SMILES string of the molecule is Cc1c(Cl)c(C(F)(F)F)nn1C(C)C(=O)Nc1ccccc1C(F)(F)F. The van der Waals surface area contributed by atoms with Crippen molar-refractivity contribution in [2.75, 3.05) is 5.32 Å². The molecule has 4 nitrogen and oxygen atoms in total. The van der Waals surface area contributed by atoms with Gasteiger partial charge in [-0.25, -0.2) is 0 Å². The van der Waals surface area contributed by atoms with Crippen molar-refractivity contribution in [1.82, 2.24) is 9.78 Å². The third kappa shape index (κ3) is 3.95. The van der Waals surface area contributed by atoms with Gasteiger partial charge < -0.3 is 5.32 Å². The zero-order chi connectivity index (χ0) is 19.9. The van der Waals surface area contributed by atoms with Crippen molar-refractivity contribution in [2.24, 2.45) is 0 Å². The number of aromatic nitrogens is 2. The summed E-state index contributed by atoms with van der Waals surface area (Å²) < 4.78 is 78.2. The summed E-state index contributed by atoms with van der Waals surface area (Å²) in [5.41, 5.74) is -3.09. The van der Waals surface area contributed by atoms with Gasteiger partial charge in [0.15, 0.2) is 5.69 Å². The van der Waals surface area contributed by atoms with Crippen molar-refractivity contribution in [3.63, 3.8) is 0 Å². The van der Waals surface area contributed by atoms with E-state index in [9.17, 15) is 31.1 Å². The number of benzene rings is 1. The molecular formula is C15H12ClF6N3O. The second kappa shape index (κ2) is 6.82. The average molecular weight is 400 g/mol. The molecule has 1 aromatic heterocycles. The Morgan fingerprint density at radius 1 is 1.15 bits per heavy atom. The van der Waals surface area contributed by atoms with Crippen LogP contribution in [0.4, 0.5) is 32.0 Å². The molecule has 1 atom stereocenters. The van der Waals surface area contributed by atoms with Gasteiger partial charge in [0.1, 0.15) is 6.04 Å². The van der Waals surface area contributed by atoms with Crippen LogP contribution in [0, 0.1) is 6.92 Å². The Kier molecular flexibility index (Phi) is 5.27. The Balaban J connectivity index is 2.33. The summed E-state index contributed by atoms with van der Waals surface area (Å²) in [4.78, 5) is 12.3. The number of anilines is 1. The van der Waals surface area contributed by atoms with E-state index < -0.39 is 46.3 Å². The van der Waals surface area contributed by atoms with Crippen molar-refractivity contribution < 1.29 is 31.1 Å². The summed E-state index contributed by atoms with van der Waals surface area (Å²) in [6.45, 7) is 2.42. The molecule has 1 unspecified atom stereocenters. The molecule has 0 aliphatic heterocycles. The van der Waals surface area contributed by atoms with E-state index in [4.69, 9.17) is 11.6 Å². The highest BCUT2D eigenvalue weighted by Gasteiger charge is 2.39. The highest BCUT2D eigenvalue weighted by Crippen LogP contribution is 2.37. The predicted molar refractivity (Wildman–Crippen MR) is 81.8 cm³/mol. The summed E-state index contributed by atoms with van der Waals surface area (Å²) >= 11 is 5.61. The number of carbonyl (C=O) groups excluding carboxylic acids is 1. The van der Waals surface area contributed by atoms with E-state index in [0.717, 1.165) is 22.9 Å². The number of hydrogen-bond donors (Lipinski definition) is 1. The van der Waals surface area contributed by atoms with Gasteiger partial charge in [0.2, 0.25) is 5.91 Å². The van der Waals surface area contributed by atoms with Gasteiger partial charge in [-0.2, -0.15) is 31.4 Å². The second-order valence-corrected chi connectivity index (χ2v) is 5.78. The third-order valence-electron chi connectivity index (χ3n) is 3.58. The number of para-hydroxylation sites is 1. The van der Waals surface area contributed by atoms with Crippen LogP contribution in [-0.4, -0.2) is 15.7 Å². The number of alkyl halides is 6. The van der Waals surface area contributed by atoms with E-state index in [1.54, 1.807) is 0 Å². The normalized spacial score (nSPS) is 13.6. The first-order valence-electron chi connectivity index (χ1n) is 7.13. The molecule has 1 heterocycles. The van der Waals surface area contributed by atoms with Gasteiger partial charge in [0, 0.05) is 0 Å². The van der Waals surface area contributed by atoms with Crippen LogP contribution >= 0.6 is 11.6 Å². The molecule has 2 aromatic rings. The van der Waals surface area contributed by atoms with Crippen LogP contribution in [0.2, 0.25) is 5.02 Å². The number of rotatable bonds is 3. The van der Waals surface area contributed by atoms with E-state index in [1.165, 1.54) is 19.9 Å². The monoisotopic (exact) mass is 399 g/mol. The van der Waals surface area contributed by atoms with Crippen molar-refractivity contribution >= 4 is 23.2 Å². The molecule has 0 spiro atoms. The van der Waals surface area contributed by atoms with Crippen molar-refractivity contribution in [3.05, 3.63) is 46.2 Å². The zero-order valence-electron chi connectivity index (χ0n) is 13.3. The first-order valence-corrected chi connectivity index (χ1v) is 7.50. The largest absolute Gasteiger partial charge is 0.436 e. The minimum atomic E-state index is -4.83. The second-order valence-electron chi connectivity index (χ2n) is 5.40. The summed E-state index contributed by atoms with van der Waals surface area (Å²) in [6, 6.07) is 2.92. The lowest BCUT2D eigenvalue weighted by molar-refractivity contribution is -0.142. The van der Waals surface area contributed by atoms with Crippen molar-refractivity contribution in [2.45, 2.75) is 32.2 Å². The first-order chi connectivity index (χ1) is 11.8. The molecule has 1 N–H and O–H groups in total. The lowest BCUT2D eigenvalue weighted by Crippen LogP contribution is -2.26. The molecule has 0 radical (unpaired) electrons. The van der Waals surface area contributed by atoms with Crippen LogP contribution in [0.3, 0.4) is 0 Å². The molecule has 26 heavy (non-hydrogen) atoms. The number of carbonyl (C=O) groups is 1. The molecule has 0 bridgehead atoms. The predicted octanol–water partition coefficient (Wildman–Crippen LogP) is 5.08. The van der Waals surface area contributed by atoms with Gasteiger partial charge in [-0.05, 0) is 26.0 Å². The van der Waals surface area contributed by atoms with E-state index in [2.05, 4.69) is 10.4 Å². The quantitative estimate of drug-likeness (QED) is 0.731. The molecule has 0 saturated heterocycles. The molecule has 2 rings (SSSR count). The first kappa shape index (κ1) is 20.1. The maximum atomic E-state index is 13.0. The molecule has 1 aromatic carbocycles. The van der Waals surface area contributed by atoms with Crippen LogP contribution in [-0.2, 0) is 17.1 Å². The van der Waals surface area contributed by atoms with Crippen LogP contribution in [0.5, 0.6) is 0 Å². The van der Waals surface area contributed by atoms with E-state index >= 15 is 0 Å². The molecule has 0 fully saturated rings. The van der Waals surface area contributed by atoms with Gasteiger partial charge in [-0.15, -0.1) is 0 Å². The molecular weight excluding hydrogens is 388 g/mol. The molecule has 142 valence electrons. The van der Waals surface area contributed by atoms with Gasteiger partial charge >= 0.3 is 12.4 Å². The fourth-order valence-electron chi connectivity index (χ4n) is 2.24. The summed E-state index contributed by atoms with van der Waals surface area (Å²) in [6.07, 6.45) is -9.53. The van der Waals surface area contributed by atoms with Gasteiger partial charge in [-0.3, -0.25) is 9.48 Å². The number of nitrogens with one attached hydrogen (secondary N) is 1. The Bertz CT molecular complexity index is 828. The lowest BCUT2D eigenvalue weighted by atomic mass is 10.1. The summed E-state index contributed by atoms with van der Waals surface area (Å²) in [7, 11) is 0. The fraction of sp³-hybridized carbons (Fsp3) is 0.333. The number of nitrogens with zero attached hydrogens (tertiary/aromatic N) is 2. The maximum absolute atomic E-state index is 13.0. The fourth-order valence-corrected chi connectivity index (χ4v) is 2.48. The van der Waals surface area contributed by atoms with E-state index in [-0.39, 0.29) is 5.69 Å². The Morgan fingerprint density at radius 3 is 2.23 bits per heavy atom. The molecule has 1 amide bonds. The van der Waals surface area contributed by atoms with Crippen molar-refractivity contribution in [3.8, 4) is 0 Å². The van der Waals surface area contributed by atoms with Crippen LogP contribution in [0.1, 0.15) is 29.9 Å². The maximum Gasteiger partial charge on any atom is 0.436 e. The van der Waals surface area contributed by atoms with Gasteiger partial charge in [-0.1, -0.05) is 23.7 Å². The van der Waals surface area contributed by atoms with Crippen LogP contribution in [0.25, 0.3) is 0 Å². The van der Waals surface area contributed by atoms with Crippen molar-refractivity contribution in [1.29, 1.82) is 0 Å². The van der Waals surface area contributed by atoms with Crippen LogP contribution < -0.4 is 5.32 Å². The Labute approximate surface area is 148 Å². The number of hydrogen-bond acceptors (Lipinski definition) is 2. The molecule has 11 heteroatoms. The average Bonchev–Trinajstić information content (AvgIpc) is 2.82. The van der Waals surface area contributed by atoms with Gasteiger partial charge in [0.05, 0.1) is 22.0 Å². The topological polar surface area (TPSA) is 46.9 Å². The molecule has 0 aliphatic rings. The highest BCUT2D eigenvalue weighted by atomic mass is 35.5. The smallest absolute Gasteiger partial charge is 0.324 e. The zero-order valence-corrected chi connectivity index (χ0v) is 14.1. The molecule has 0 aliphatic carbocycles. The Morgan fingerprint density at radius 2 is 1.73 bits per heavy atom. The lowest BCUT2D eigenvalue weighted by Gasteiger charge is -2.17. The number of amides is 1. The highest BCUT2D eigenvalue weighted by molar-refractivity contribution is 6.32. The van der Waals surface area contributed by atoms with E-state index in [1.807, 2.05) is 0 Å². The minimum Gasteiger partial charge on any atom is -0.324 e. The third-order valence-corrected chi connectivity index (χ3v) is 4.03. The van der Waals surface area contributed by atoms with Crippen LogP contribution in [0.15, 0.2) is 24.3 Å². The summed E-state index contributed by atoms with van der Waals surface area (Å²) in [5, 5.41) is 4.68.